The number of rotatable bonds is 5. The molecule has 3 rings (SSSR count). The van der Waals surface area contributed by atoms with Crippen LogP contribution >= 0.6 is 0 Å². The minimum absolute atomic E-state index is 0.0166. The van der Waals surface area contributed by atoms with Gasteiger partial charge in [0.1, 0.15) is 17.3 Å². The van der Waals surface area contributed by atoms with E-state index in [1.165, 1.54) is 24.3 Å². The third kappa shape index (κ3) is 5.15. The topological polar surface area (TPSA) is 67.4 Å². The van der Waals surface area contributed by atoms with E-state index in [4.69, 9.17) is 4.74 Å². The van der Waals surface area contributed by atoms with Crippen molar-refractivity contribution in [3.8, 4) is 11.5 Å². The smallest absolute Gasteiger partial charge is 0.273 e. The van der Waals surface area contributed by atoms with Gasteiger partial charge in [-0.05, 0) is 42.0 Å². The summed E-state index contributed by atoms with van der Waals surface area (Å²) in [5, 5.41) is 0. The third-order valence-corrected chi connectivity index (χ3v) is 3.70. The summed E-state index contributed by atoms with van der Waals surface area (Å²) >= 11 is 0. The van der Waals surface area contributed by atoms with Gasteiger partial charge >= 0.3 is 0 Å². The molecule has 0 aliphatic rings. The molecule has 3 aromatic carbocycles. The molecule has 0 aromatic heterocycles. The quantitative estimate of drug-likeness (QED) is 0.680. The second-order valence-corrected chi connectivity index (χ2v) is 5.72. The van der Waals surface area contributed by atoms with Gasteiger partial charge in [-0.25, -0.2) is 4.39 Å². The van der Waals surface area contributed by atoms with Crippen LogP contribution < -0.4 is 15.6 Å². The van der Waals surface area contributed by atoms with Crippen LogP contribution in [0.25, 0.3) is 0 Å². The van der Waals surface area contributed by atoms with Gasteiger partial charge in [-0.3, -0.25) is 20.4 Å². The van der Waals surface area contributed by atoms with Crippen molar-refractivity contribution in [2.75, 3.05) is 0 Å². The van der Waals surface area contributed by atoms with E-state index in [2.05, 4.69) is 10.9 Å². The Morgan fingerprint density at radius 1 is 0.815 bits per heavy atom. The van der Waals surface area contributed by atoms with Crippen molar-refractivity contribution >= 4 is 11.8 Å². The number of para-hydroxylation sites is 2. The van der Waals surface area contributed by atoms with Crippen molar-refractivity contribution in [3.63, 3.8) is 0 Å². The highest BCUT2D eigenvalue weighted by Gasteiger charge is 2.14. The van der Waals surface area contributed by atoms with Gasteiger partial charge in [0.15, 0.2) is 0 Å². The van der Waals surface area contributed by atoms with Crippen molar-refractivity contribution in [3.05, 3.63) is 95.8 Å². The maximum atomic E-state index is 12.9. The highest BCUT2D eigenvalue weighted by atomic mass is 19.1. The van der Waals surface area contributed by atoms with Crippen LogP contribution in [0, 0.1) is 5.82 Å². The van der Waals surface area contributed by atoms with Crippen LogP contribution in [0.3, 0.4) is 0 Å². The summed E-state index contributed by atoms with van der Waals surface area (Å²) in [6.45, 7) is 0. The number of halogens is 1. The lowest BCUT2D eigenvalue weighted by Crippen LogP contribution is -2.42. The van der Waals surface area contributed by atoms with Crippen LogP contribution in [0.2, 0.25) is 0 Å². The van der Waals surface area contributed by atoms with E-state index in [1.54, 1.807) is 36.4 Å². The number of carbonyl (C=O) groups is 2. The molecule has 3 aromatic rings. The predicted molar refractivity (Wildman–Crippen MR) is 98.7 cm³/mol. The number of carbonyl (C=O) groups excluding carboxylic acids is 2. The highest BCUT2D eigenvalue weighted by Crippen LogP contribution is 2.24. The molecular weight excluding hydrogens is 347 g/mol. The summed E-state index contributed by atoms with van der Waals surface area (Å²) in [7, 11) is 0. The minimum Gasteiger partial charge on any atom is -0.457 e. The fraction of sp³-hybridized carbons (Fsp3) is 0.0476. The minimum atomic E-state index is -0.506. The van der Waals surface area contributed by atoms with Gasteiger partial charge in [0, 0.05) is 0 Å². The molecule has 0 unspecified atom stereocenters. The van der Waals surface area contributed by atoms with Crippen LogP contribution in [-0.4, -0.2) is 11.8 Å². The molecule has 2 amide bonds. The second-order valence-electron chi connectivity index (χ2n) is 5.72. The zero-order valence-corrected chi connectivity index (χ0v) is 14.3. The van der Waals surface area contributed by atoms with E-state index in [9.17, 15) is 14.0 Å². The van der Waals surface area contributed by atoms with E-state index >= 15 is 0 Å². The Hall–Kier alpha value is -3.67. The Kier molecular flexibility index (Phi) is 5.79. The fourth-order valence-corrected chi connectivity index (χ4v) is 2.38. The zero-order chi connectivity index (χ0) is 19.1. The van der Waals surface area contributed by atoms with Crippen molar-refractivity contribution in [1.29, 1.82) is 0 Å². The van der Waals surface area contributed by atoms with E-state index in [0.717, 1.165) is 0 Å². The summed E-state index contributed by atoms with van der Waals surface area (Å²) in [6, 6.07) is 21.4. The first-order valence-electron chi connectivity index (χ1n) is 8.27. The van der Waals surface area contributed by atoms with Gasteiger partial charge in [0.05, 0.1) is 12.0 Å². The van der Waals surface area contributed by atoms with Gasteiger partial charge in [0.2, 0.25) is 5.91 Å². The first-order valence-corrected chi connectivity index (χ1v) is 8.27. The van der Waals surface area contributed by atoms with E-state index < -0.39 is 11.8 Å². The monoisotopic (exact) mass is 364 g/mol. The molecule has 0 fully saturated rings. The largest absolute Gasteiger partial charge is 0.457 e. The molecule has 0 aliphatic carbocycles. The van der Waals surface area contributed by atoms with Crippen molar-refractivity contribution in [2.45, 2.75) is 6.42 Å². The Morgan fingerprint density at radius 2 is 1.48 bits per heavy atom. The molecule has 0 spiro atoms. The summed E-state index contributed by atoms with van der Waals surface area (Å²) in [5.74, 6) is -0.333. The summed E-state index contributed by atoms with van der Waals surface area (Å²) in [4.78, 5) is 24.4. The Bertz CT molecular complexity index is 928. The standard InChI is InChI=1S/C21H17FN2O3/c22-16-12-10-15(11-13-16)14-20(25)23-24-21(26)18-8-4-5-9-19(18)27-17-6-2-1-3-7-17/h1-13H,14H2,(H,23,25)(H,24,26). The van der Waals surface area contributed by atoms with Crippen LogP contribution in [0.4, 0.5) is 4.39 Å². The SMILES string of the molecule is O=C(Cc1ccc(F)cc1)NNC(=O)c1ccccc1Oc1ccccc1. The molecule has 2 N–H and O–H groups in total. The number of hydrogen-bond acceptors (Lipinski definition) is 3. The molecule has 0 bridgehead atoms. The average molecular weight is 364 g/mol. The molecule has 6 heteroatoms. The molecule has 27 heavy (non-hydrogen) atoms. The van der Waals surface area contributed by atoms with Crippen LogP contribution in [0.1, 0.15) is 15.9 Å². The third-order valence-electron chi connectivity index (χ3n) is 3.70. The number of hydrazine groups is 1. The first kappa shape index (κ1) is 18.1. The molecule has 0 saturated heterocycles. The average Bonchev–Trinajstić information content (AvgIpc) is 2.69. The lowest BCUT2D eigenvalue weighted by Gasteiger charge is -2.12. The summed E-state index contributed by atoms with van der Waals surface area (Å²) < 4.78 is 18.6. The van der Waals surface area contributed by atoms with Crippen molar-refractivity contribution in [1.82, 2.24) is 10.9 Å². The van der Waals surface area contributed by atoms with Crippen molar-refractivity contribution < 1.29 is 18.7 Å². The van der Waals surface area contributed by atoms with Gasteiger partial charge in [-0.1, -0.05) is 42.5 Å². The maximum Gasteiger partial charge on any atom is 0.273 e. The molecule has 0 saturated carbocycles. The second kappa shape index (κ2) is 8.62. The number of nitrogens with one attached hydrogen (secondary N) is 2. The Morgan fingerprint density at radius 3 is 2.22 bits per heavy atom. The number of ether oxygens (including phenoxy) is 1. The lowest BCUT2D eigenvalue weighted by atomic mass is 10.1. The van der Waals surface area contributed by atoms with E-state index in [-0.39, 0.29) is 17.8 Å². The zero-order valence-electron chi connectivity index (χ0n) is 14.3. The van der Waals surface area contributed by atoms with Gasteiger partial charge in [-0.2, -0.15) is 0 Å². The van der Waals surface area contributed by atoms with E-state index in [0.29, 0.717) is 17.1 Å². The Labute approximate surface area is 155 Å². The Balaban J connectivity index is 1.61. The number of benzene rings is 3. The summed E-state index contributed by atoms with van der Waals surface area (Å²) in [6.07, 6.45) is 0.0166. The van der Waals surface area contributed by atoms with Gasteiger partial charge in [-0.15, -0.1) is 0 Å². The normalized spacial score (nSPS) is 10.1. The number of amides is 2. The van der Waals surface area contributed by atoms with Gasteiger partial charge < -0.3 is 4.74 Å². The van der Waals surface area contributed by atoms with Crippen LogP contribution in [-0.2, 0) is 11.2 Å². The number of hydrogen-bond donors (Lipinski definition) is 2. The molecule has 0 radical (unpaired) electrons. The molecule has 136 valence electrons. The fourth-order valence-electron chi connectivity index (χ4n) is 2.38. The van der Waals surface area contributed by atoms with Crippen LogP contribution in [0.15, 0.2) is 78.9 Å². The molecular formula is C21H17FN2O3. The van der Waals surface area contributed by atoms with Gasteiger partial charge in [0.25, 0.3) is 5.91 Å². The molecule has 0 aliphatic heterocycles. The molecule has 0 atom stereocenters. The predicted octanol–water partition coefficient (Wildman–Crippen LogP) is 3.62. The molecule has 0 heterocycles. The van der Waals surface area contributed by atoms with Crippen LogP contribution in [0.5, 0.6) is 11.5 Å². The van der Waals surface area contributed by atoms with Crippen molar-refractivity contribution in [2.24, 2.45) is 0 Å². The lowest BCUT2D eigenvalue weighted by molar-refractivity contribution is -0.121. The van der Waals surface area contributed by atoms with E-state index in [1.807, 2.05) is 18.2 Å². The first-order chi connectivity index (χ1) is 13.1. The summed E-state index contributed by atoms with van der Waals surface area (Å²) in [5.41, 5.74) is 5.63. The highest BCUT2D eigenvalue weighted by molar-refractivity contribution is 5.98. The maximum absolute atomic E-state index is 12.9. The molecule has 5 nitrogen and oxygen atoms in total.